The molecule has 1 aromatic heterocycles. The Bertz CT molecular complexity index is 954. The molecule has 0 saturated heterocycles. The monoisotopic (exact) mass is 352 g/mol. The number of para-hydroxylation sites is 1. The van der Waals surface area contributed by atoms with Crippen LogP contribution in [0, 0.1) is 0 Å². The van der Waals surface area contributed by atoms with E-state index in [0.717, 1.165) is 5.39 Å². The third-order valence-corrected chi connectivity index (χ3v) is 3.90. The number of fused-ring (bicyclic) bond motifs is 1. The Morgan fingerprint density at radius 2 is 1.77 bits per heavy atom. The second kappa shape index (κ2) is 8.26. The summed E-state index contributed by atoms with van der Waals surface area (Å²) in [6.07, 6.45) is 0. The van der Waals surface area contributed by atoms with Gasteiger partial charge in [-0.3, -0.25) is 4.79 Å². The van der Waals surface area contributed by atoms with Gasteiger partial charge in [-0.2, -0.15) is 5.10 Å². The largest absolute Gasteiger partial charge is 0.383 e. The zero-order valence-corrected chi connectivity index (χ0v) is 14.4. The van der Waals surface area contributed by atoms with Crippen molar-refractivity contribution >= 4 is 22.5 Å². The summed E-state index contributed by atoms with van der Waals surface area (Å²) in [6, 6.07) is 16.1. The molecule has 7 heteroatoms. The lowest BCUT2D eigenvalue weighted by molar-refractivity contribution is 0.181. The van der Waals surface area contributed by atoms with E-state index < -0.39 is 0 Å². The van der Waals surface area contributed by atoms with E-state index in [0.29, 0.717) is 29.9 Å². The number of nitrogens with one attached hydrogen (secondary N) is 2. The van der Waals surface area contributed by atoms with Crippen LogP contribution in [-0.4, -0.2) is 29.5 Å². The van der Waals surface area contributed by atoms with Crippen LogP contribution in [0.5, 0.6) is 0 Å². The molecular weight excluding hydrogens is 332 g/mol. The molecule has 0 unspecified atom stereocenters. The summed E-state index contributed by atoms with van der Waals surface area (Å²) in [5.41, 5.74) is 1.16. The predicted octanol–water partition coefficient (Wildman–Crippen LogP) is 2.36. The van der Waals surface area contributed by atoms with Crippen LogP contribution in [0.4, 0.5) is 10.5 Å². The van der Waals surface area contributed by atoms with Crippen molar-refractivity contribution in [3.63, 3.8) is 0 Å². The van der Waals surface area contributed by atoms with Gasteiger partial charge in [-0.1, -0.05) is 36.4 Å². The number of ether oxygens (including phenoxy) is 1. The maximum atomic E-state index is 12.5. The fraction of sp³-hybridized carbons (Fsp3) is 0.211. The van der Waals surface area contributed by atoms with Crippen LogP contribution in [-0.2, 0) is 17.8 Å². The first-order chi connectivity index (χ1) is 12.7. The first kappa shape index (κ1) is 17.6. The van der Waals surface area contributed by atoms with Crippen molar-refractivity contribution in [2.45, 2.75) is 13.1 Å². The van der Waals surface area contributed by atoms with Crippen molar-refractivity contribution in [1.29, 1.82) is 0 Å². The predicted molar refractivity (Wildman–Crippen MR) is 100 cm³/mol. The molecule has 134 valence electrons. The number of anilines is 1. The van der Waals surface area contributed by atoms with Crippen LogP contribution in [0.3, 0.4) is 0 Å². The van der Waals surface area contributed by atoms with Crippen LogP contribution in [0.25, 0.3) is 10.8 Å². The van der Waals surface area contributed by atoms with Crippen LogP contribution in [0.15, 0.2) is 59.4 Å². The summed E-state index contributed by atoms with van der Waals surface area (Å²) in [6.45, 7) is 0.933. The van der Waals surface area contributed by atoms with E-state index in [4.69, 9.17) is 4.74 Å². The Morgan fingerprint density at radius 3 is 2.50 bits per heavy atom. The highest BCUT2D eigenvalue weighted by Crippen LogP contribution is 2.13. The molecule has 2 N–H and O–H groups in total. The lowest BCUT2D eigenvalue weighted by Gasteiger charge is -2.12. The minimum Gasteiger partial charge on any atom is -0.383 e. The molecule has 3 aromatic rings. The van der Waals surface area contributed by atoms with E-state index in [-0.39, 0.29) is 18.1 Å². The molecule has 2 amide bonds. The lowest BCUT2D eigenvalue weighted by Crippen LogP contribution is -2.31. The minimum atomic E-state index is -0.336. The van der Waals surface area contributed by atoms with Gasteiger partial charge in [0.15, 0.2) is 0 Å². The van der Waals surface area contributed by atoms with Gasteiger partial charge in [0.25, 0.3) is 5.56 Å². The van der Waals surface area contributed by atoms with Gasteiger partial charge in [-0.05, 0) is 18.2 Å². The zero-order valence-electron chi connectivity index (χ0n) is 14.4. The quantitative estimate of drug-likeness (QED) is 0.713. The Kier molecular flexibility index (Phi) is 5.60. The standard InChI is InChI=1S/C19H20N4O3/c1-26-12-11-23-18(24)16-10-6-5-9-15(16)17(22-23)13-20-19(25)21-14-7-3-2-4-8-14/h2-10H,11-13H2,1H3,(H2,20,21,25). The third kappa shape index (κ3) is 4.07. The van der Waals surface area contributed by atoms with Crippen molar-refractivity contribution in [2.75, 3.05) is 19.0 Å². The summed E-state index contributed by atoms with van der Waals surface area (Å²) in [4.78, 5) is 24.6. The highest BCUT2D eigenvalue weighted by molar-refractivity contribution is 5.89. The number of urea groups is 1. The molecule has 0 bridgehead atoms. The van der Waals surface area contributed by atoms with Crippen LogP contribution < -0.4 is 16.2 Å². The minimum absolute atomic E-state index is 0.171. The summed E-state index contributed by atoms with van der Waals surface area (Å²) in [7, 11) is 1.57. The summed E-state index contributed by atoms with van der Waals surface area (Å²) >= 11 is 0. The van der Waals surface area contributed by atoms with Gasteiger partial charge in [0.05, 0.1) is 30.8 Å². The number of benzene rings is 2. The molecule has 0 fully saturated rings. The van der Waals surface area contributed by atoms with Crippen molar-refractivity contribution < 1.29 is 9.53 Å². The van der Waals surface area contributed by atoms with Gasteiger partial charge in [-0.15, -0.1) is 0 Å². The fourth-order valence-corrected chi connectivity index (χ4v) is 2.63. The Balaban J connectivity index is 1.81. The average Bonchev–Trinajstić information content (AvgIpc) is 2.67. The lowest BCUT2D eigenvalue weighted by atomic mass is 10.1. The molecule has 3 rings (SSSR count). The molecule has 2 aromatic carbocycles. The molecule has 0 atom stereocenters. The van der Waals surface area contributed by atoms with E-state index in [1.807, 2.05) is 36.4 Å². The Morgan fingerprint density at radius 1 is 1.08 bits per heavy atom. The number of carbonyl (C=O) groups is 1. The third-order valence-electron chi connectivity index (χ3n) is 3.90. The number of carbonyl (C=O) groups excluding carboxylic acids is 1. The van der Waals surface area contributed by atoms with Gasteiger partial charge >= 0.3 is 6.03 Å². The molecule has 1 heterocycles. The van der Waals surface area contributed by atoms with E-state index in [9.17, 15) is 9.59 Å². The van der Waals surface area contributed by atoms with Crippen molar-refractivity contribution in [1.82, 2.24) is 15.1 Å². The maximum absolute atomic E-state index is 12.5. The van der Waals surface area contributed by atoms with Crippen molar-refractivity contribution in [3.8, 4) is 0 Å². The van der Waals surface area contributed by atoms with Crippen LogP contribution in [0.2, 0.25) is 0 Å². The molecule has 0 spiro atoms. The number of rotatable bonds is 6. The number of methoxy groups -OCH3 is 1. The summed E-state index contributed by atoms with van der Waals surface area (Å²) in [5.74, 6) is 0. The van der Waals surface area contributed by atoms with Gasteiger partial charge in [0, 0.05) is 18.2 Å². The number of hydrogen-bond acceptors (Lipinski definition) is 4. The van der Waals surface area contributed by atoms with Crippen molar-refractivity contribution in [3.05, 3.63) is 70.6 Å². The average molecular weight is 352 g/mol. The Hall–Kier alpha value is -3.19. The van der Waals surface area contributed by atoms with E-state index in [1.165, 1.54) is 4.68 Å². The Labute approximate surface area is 150 Å². The first-order valence-electron chi connectivity index (χ1n) is 8.26. The highest BCUT2D eigenvalue weighted by atomic mass is 16.5. The SMILES string of the molecule is COCCn1nc(CNC(=O)Nc2ccccc2)c2ccccc2c1=O. The highest BCUT2D eigenvalue weighted by Gasteiger charge is 2.11. The van der Waals surface area contributed by atoms with Gasteiger partial charge in [-0.25, -0.2) is 9.48 Å². The normalized spacial score (nSPS) is 10.7. The summed E-state index contributed by atoms with van der Waals surface area (Å²) in [5, 5.41) is 11.2. The van der Waals surface area contributed by atoms with Gasteiger partial charge < -0.3 is 15.4 Å². The van der Waals surface area contributed by atoms with Crippen LogP contribution >= 0.6 is 0 Å². The number of amides is 2. The first-order valence-corrected chi connectivity index (χ1v) is 8.26. The second-order valence-electron chi connectivity index (χ2n) is 5.69. The smallest absolute Gasteiger partial charge is 0.319 e. The van der Waals surface area contributed by atoms with Gasteiger partial charge in [0.2, 0.25) is 0 Å². The molecular formula is C19H20N4O3. The summed E-state index contributed by atoms with van der Waals surface area (Å²) < 4.78 is 6.41. The van der Waals surface area contributed by atoms with Gasteiger partial charge in [0.1, 0.15) is 0 Å². The molecule has 0 aliphatic carbocycles. The number of aromatic nitrogens is 2. The number of hydrogen-bond donors (Lipinski definition) is 2. The second-order valence-corrected chi connectivity index (χ2v) is 5.69. The van der Waals surface area contributed by atoms with E-state index in [2.05, 4.69) is 15.7 Å². The fourth-order valence-electron chi connectivity index (χ4n) is 2.63. The molecule has 0 saturated carbocycles. The molecule has 0 aliphatic rings. The van der Waals surface area contributed by atoms with Crippen molar-refractivity contribution in [2.24, 2.45) is 0 Å². The zero-order chi connectivity index (χ0) is 18.4. The molecule has 26 heavy (non-hydrogen) atoms. The molecule has 0 aliphatic heterocycles. The molecule has 0 radical (unpaired) electrons. The topological polar surface area (TPSA) is 85.2 Å². The molecule has 7 nitrogen and oxygen atoms in total. The van der Waals surface area contributed by atoms with E-state index >= 15 is 0 Å². The van der Waals surface area contributed by atoms with Crippen LogP contribution in [0.1, 0.15) is 5.69 Å². The number of nitrogens with zero attached hydrogens (tertiary/aromatic N) is 2. The maximum Gasteiger partial charge on any atom is 0.319 e. The van der Waals surface area contributed by atoms with E-state index in [1.54, 1.807) is 25.3 Å².